The summed E-state index contributed by atoms with van der Waals surface area (Å²) in [4.78, 5) is 8.29. The lowest BCUT2D eigenvalue weighted by Crippen LogP contribution is -2.00. The van der Waals surface area contributed by atoms with Gasteiger partial charge in [0.05, 0.1) is 11.4 Å². The molecule has 0 aromatic heterocycles. The zero-order valence-electron chi connectivity index (χ0n) is 8.91. The lowest BCUT2D eigenvalue weighted by atomic mass is 10.2. The molecule has 0 N–H and O–H groups in total. The van der Waals surface area contributed by atoms with E-state index in [-0.39, 0.29) is 0 Å². The second-order valence-electron chi connectivity index (χ2n) is 2.24. The molecule has 72 valence electrons. The molecule has 1 aliphatic rings. The Labute approximate surface area is 80.8 Å². The number of aliphatic imine (C=N–C) groups is 2. The smallest absolute Gasteiger partial charge is 0.0841 e. The predicted molar refractivity (Wildman–Crippen MR) is 60.7 cm³/mol. The third kappa shape index (κ3) is 3.83. The van der Waals surface area contributed by atoms with Crippen LogP contribution in [0.3, 0.4) is 0 Å². The van der Waals surface area contributed by atoms with Crippen LogP contribution in [0.25, 0.3) is 0 Å². The second-order valence-corrected chi connectivity index (χ2v) is 2.24. The Morgan fingerprint density at radius 1 is 1.46 bits per heavy atom. The molecule has 0 fully saturated rings. The molecular weight excluding hydrogens is 160 g/mol. The number of allylic oxidation sites excluding steroid dienone is 3. The van der Waals surface area contributed by atoms with Gasteiger partial charge in [-0.2, -0.15) is 0 Å². The fraction of sp³-hybridized carbons (Fsp3) is 0.455. The van der Waals surface area contributed by atoms with E-state index >= 15 is 0 Å². The molecule has 0 aromatic carbocycles. The van der Waals surface area contributed by atoms with Gasteiger partial charge < -0.3 is 0 Å². The van der Waals surface area contributed by atoms with E-state index in [0.717, 1.165) is 17.8 Å². The molecule has 0 unspecified atom stereocenters. The minimum absolute atomic E-state index is 0.967. The van der Waals surface area contributed by atoms with Crippen LogP contribution in [-0.4, -0.2) is 19.0 Å². The van der Waals surface area contributed by atoms with E-state index in [1.54, 1.807) is 13.3 Å². The molecule has 2 heteroatoms. The Bertz CT molecular complexity index is 245. The van der Waals surface area contributed by atoms with Crippen LogP contribution in [0.5, 0.6) is 0 Å². The maximum atomic E-state index is 4.19. The molecule has 0 aromatic rings. The van der Waals surface area contributed by atoms with Gasteiger partial charge in [0.15, 0.2) is 0 Å². The first-order valence-corrected chi connectivity index (χ1v) is 4.76. The van der Waals surface area contributed by atoms with E-state index in [0.29, 0.717) is 0 Å². The van der Waals surface area contributed by atoms with Gasteiger partial charge in [0, 0.05) is 13.3 Å². The summed E-state index contributed by atoms with van der Waals surface area (Å²) in [7, 11) is 1.78. The standard InChI is InChI=1S/C9H12N2.C2H6/c1-3-5-9-8(10-2)6-4-7-11-9;1-2/h4-7H,3H2,1-2H3;1-2H3/b9-5+,10-8?;. The molecule has 0 bridgehead atoms. The number of dihydropyridines is 1. The van der Waals surface area contributed by atoms with Crippen molar-refractivity contribution in [2.24, 2.45) is 9.98 Å². The van der Waals surface area contributed by atoms with Gasteiger partial charge >= 0.3 is 0 Å². The maximum Gasteiger partial charge on any atom is 0.0841 e. The molecule has 0 atom stereocenters. The van der Waals surface area contributed by atoms with Gasteiger partial charge in [-0.15, -0.1) is 0 Å². The predicted octanol–water partition coefficient (Wildman–Crippen LogP) is 3.02. The van der Waals surface area contributed by atoms with E-state index in [9.17, 15) is 0 Å². The third-order valence-corrected chi connectivity index (χ3v) is 1.45. The van der Waals surface area contributed by atoms with Crippen LogP contribution in [0.1, 0.15) is 27.2 Å². The van der Waals surface area contributed by atoms with Crippen LogP contribution >= 0.6 is 0 Å². The van der Waals surface area contributed by atoms with Gasteiger partial charge in [0.1, 0.15) is 0 Å². The van der Waals surface area contributed by atoms with E-state index in [1.165, 1.54) is 0 Å². The molecule has 2 nitrogen and oxygen atoms in total. The molecular formula is C11H18N2. The average Bonchev–Trinajstić information content (AvgIpc) is 2.22. The van der Waals surface area contributed by atoms with Crippen molar-refractivity contribution < 1.29 is 0 Å². The summed E-state index contributed by atoms with van der Waals surface area (Å²) in [6.07, 6.45) is 8.72. The van der Waals surface area contributed by atoms with E-state index < -0.39 is 0 Å². The molecule has 1 rings (SSSR count). The zero-order valence-corrected chi connectivity index (χ0v) is 8.91. The Morgan fingerprint density at radius 3 is 2.69 bits per heavy atom. The number of hydrogen-bond donors (Lipinski definition) is 0. The monoisotopic (exact) mass is 178 g/mol. The number of nitrogens with zero attached hydrogens (tertiary/aromatic N) is 2. The number of hydrogen-bond acceptors (Lipinski definition) is 2. The van der Waals surface area contributed by atoms with Gasteiger partial charge in [0.25, 0.3) is 0 Å². The van der Waals surface area contributed by atoms with Crippen molar-refractivity contribution in [3.8, 4) is 0 Å². The first-order chi connectivity index (χ1) is 6.38. The van der Waals surface area contributed by atoms with Crippen LogP contribution in [0, 0.1) is 0 Å². The minimum Gasteiger partial charge on any atom is -0.286 e. The van der Waals surface area contributed by atoms with Crippen molar-refractivity contribution in [2.75, 3.05) is 7.05 Å². The summed E-state index contributed by atoms with van der Waals surface area (Å²) in [5.41, 5.74) is 1.95. The fourth-order valence-electron chi connectivity index (χ4n) is 0.949. The highest BCUT2D eigenvalue weighted by Crippen LogP contribution is 2.06. The molecule has 0 amide bonds. The topological polar surface area (TPSA) is 24.7 Å². The van der Waals surface area contributed by atoms with Crippen LogP contribution < -0.4 is 0 Å². The van der Waals surface area contributed by atoms with Crippen molar-refractivity contribution in [3.05, 3.63) is 23.9 Å². The minimum atomic E-state index is 0.967. The normalized spacial score (nSPS) is 20.3. The van der Waals surface area contributed by atoms with Gasteiger partial charge in [-0.3, -0.25) is 9.98 Å². The summed E-state index contributed by atoms with van der Waals surface area (Å²) in [6.45, 7) is 6.09. The van der Waals surface area contributed by atoms with Crippen molar-refractivity contribution in [3.63, 3.8) is 0 Å². The highest BCUT2D eigenvalue weighted by atomic mass is 14.8. The summed E-state index contributed by atoms with van der Waals surface area (Å²) in [6, 6.07) is 0. The Morgan fingerprint density at radius 2 is 2.15 bits per heavy atom. The van der Waals surface area contributed by atoms with Crippen molar-refractivity contribution in [1.82, 2.24) is 0 Å². The first-order valence-electron chi connectivity index (χ1n) is 4.76. The number of rotatable bonds is 1. The van der Waals surface area contributed by atoms with Crippen molar-refractivity contribution >= 4 is 11.9 Å². The van der Waals surface area contributed by atoms with E-state index in [1.807, 2.05) is 26.0 Å². The van der Waals surface area contributed by atoms with Gasteiger partial charge in [-0.25, -0.2) is 0 Å². The fourth-order valence-corrected chi connectivity index (χ4v) is 0.949. The summed E-state index contributed by atoms with van der Waals surface area (Å²) >= 11 is 0. The van der Waals surface area contributed by atoms with Crippen LogP contribution in [0.2, 0.25) is 0 Å². The highest BCUT2D eigenvalue weighted by molar-refractivity contribution is 6.12. The molecule has 1 heterocycles. The van der Waals surface area contributed by atoms with Gasteiger partial charge in [-0.05, 0) is 18.6 Å². The van der Waals surface area contributed by atoms with Crippen molar-refractivity contribution in [1.29, 1.82) is 0 Å². The third-order valence-electron chi connectivity index (χ3n) is 1.45. The summed E-state index contributed by atoms with van der Waals surface area (Å²) < 4.78 is 0. The highest BCUT2D eigenvalue weighted by Gasteiger charge is 2.01. The second kappa shape index (κ2) is 7.47. The van der Waals surface area contributed by atoms with Gasteiger partial charge in [0.2, 0.25) is 0 Å². The Kier molecular flexibility index (Phi) is 6.79. The Balaban J connectivity index is 0.000000671. The lowest BCUT2D eigenvalue weighted by Gasteiger charge is -2.03. The van der Waals surface area contributed by atoms with E-state index in [2.05, 4.69) is 23.0 Å². The van der Waals surface area contributed by atoms with E-state index in [4.69, 9.17) is 0 Å². The van der Waals surface area contributed by atoms with Crippen LogP contribution in [0.15, 0.2) is 33.9 Å². The average molecular weight is 178 g/mol. The van der Waals surface area contributed by atoms with Crippen molar-refractivity contribution in [2.45, 2.75) is 27.2 Å². The first kappa shape index (κ1) is 11.8. The quantitative estimate of drug-likeness (QED) is 0.589. The lowest BCUT2D eigenvalue weighted by molar-refractivity contribution is 1.19. The maximum absolute atomic E-state index is 4.19. The van der Waals surface area contributed by atoms with Crippen LogP contribution in [0.4, 0.5) is 0 Å². The zero-order chi connectivity index (χ0) is 10.1. The SMILES string of the molecule is CC.CC/C=C1/N=CC=CC1=NC. The molecule has 0 saturated carbocycles. The molecule has 0 aliphatic carbocycles. The molecule has 1 aliphatic heterocycles. The van der Waals surface area contributed by atoms with Gasteiger partial charge in [-0.1, -0.05) is 26.8 Å². The molecule has 0 spiro atoms. The Hall–Kier alpha value is -1.18. The molecule has 0 saturated heterocycles. The summed E-state index contributed by atoms with van der Waals surface area (Å²) in [5.74, 6) is 0. The summed E-state index contributed by atoms with van der Waals surface area (Å²) in [5, 5.41) is 0. The largest absolute Gasteiger partial charge is 0.286 e. The van der Waals surface area contributed by atoms with Crippen LogP contribution in [-0.2, 0) is 0 Å². The molecule has 13 heavy (non-hydrogen) atoms. The molecule has 0 radical (unpaired) electrons.